The monoisotopic (exact) mass is 215 g/mol. The van der Waals surface area contributed by atoms with Crippen molar-refractivity contribution in [3.05, 3.63) is 28.8 Å². The average molecular weight is 216 g/mol. The second kappa shape index (κ2) is 5.20. The van der Waals surface area contributed by atoms with E-state index in [1.54, 1.807) is 19.2 Å². The smallest absolute Gasteiger partial charge is 0.137 e. The van der Waals surface area contributed by atoms with Crippen LogP contribution in [0.2, 0.25) is 5.02 Å². The number of ether oxygens (including phenoxy) is 1. The average Bonchev–Trinajstić information content (AvgIpc) is 2.19. The van der Waals surface area contributed by atoms with E-state index in [2.05, 4.69) is 0 Å². The molecule has 0 aliphatic rings. The first kappa shape index (κ1) is 11.3. The zero-order chi connectivity index (χ0) is 10.6. The lowest BCUT2D eigenvalue weighted by molar-refractivity contribution is 0.276. The molecule has 0 unspecified atom stereocenters. The van der Waals surface area contributed by atoms with Gasteiger partial charge in [-0.15, -0.1) is 0 Å². The Morgan fingerprint density at radius 1 is 1.57 bits per heavy atom. The van der Waals surface area contributed by atoms with Gasteiger partial charge in [0.05, 0.1) is 12.1 Å². The number of benzene rings is 1. The minimum absolute atomic E-state index is 0.0755. The quantitative estimate of drug-likeness (QED) is 0.805. The summed E-state index contributed by atoms with van der Waals surface area (Å²) in [5.41, 5.74) is 6.74. The molecule has 3 N–H and O–H groups in total. The first-order chi connectivity index (χ1) is 6.69. The Kier molecular flexibility index (Phi) is 4.20. The molecule has 0 aromatic heterocycles. The molecular formula is C10H14ClNO2. The summed E-state index contributed by atoms with van der Waals surface area (Å²) >= 11 is 5.86. The molecule has 1 atom stereocenters. The number of hydrogen-bond donors (Lipinski definition) is 2. The fourth-order valence-electron chi connectivity index (χ4n) is 1.21. The van der Waals surface area contributed by atoms with Crippen molar-refractivity contribution in [1.29, 1.82) is 0 Å². The van der Waals surface area contributed by atoms with Crippen molar-refractivity contribution in [2.24, 2.45) is 5.73 Å². The van der Waals surface area contributed by atoms with Crippen LogP contribution in [-0.2, 0) is 0 Å². The molecule has 3 nitrogen and oxygen atoms in total. The number of rotatable bonds is 4. The maximum atomic E-state index is 8.74. The normalized spacial score (nSPS) is 12.6. The zero-order valence-electron chi connectivity index (χ0n) is 8.03. The third kappa shape index (κ3) is 2.61. The second-order valence-corrected chi connectivity index (χ2v) is 3.42. The van der Waals surface area contributed by atoms with Crippen molar-refractivity contribution in [1.82, 2.24) is 0 Å². The Morgan fingerprint density at radius 3 is 2.86 bits per heavy atom. The highest BCUT2D eigenvalue weighted by molar-refractivity contribution is 6.32. The summed E-state index contributed by atoms with van der Waals surface area (Å²) < 4.78 is 5.06. The first-order valence-electron chi connectivity index (χ1n) is 4.39. The van der Waals surface area contributed by atoms with Crippen molar-refractivity contribution < 1.29 is 9.84 Å². The summed E-state index contributed by atoms with van der Waals surface area (Å²) in [5.74, 6) is 0.609. The number of methoxy groups -OCH3 is 1. The molecule has 4 heteroatoms. The Morgan fingerprint density at radius 2 is 2.29 bits per heavy atom. The fraction of sp³-hybridized carbons (Fsp3) is 0.400. The first-order valence-corrected chi connectivity index (χ1v) is 4.76. The third-order valence-corrected chi connectivity index (χ3v) is 2.36. The van der Waals surface area contributed by atoms with Crippen LogP contribution in [0.1, 0.15) is 18.0 Å². The molecule has 1 rings (SSSR count). The summed E-state index contributed by atoms with van der Waals surface area (Å²) in [6.45, 7) is 0.0755. The van der Waals surface area contributed by atoms with E-state index in [4.69, 9.17) is 27.2 Å². The van der Waals surface area contributed by atoms with E-state index >= 15 is 0 Å². The highest BCUT2D eigenvalue weighted by atomic mass is 35.5. The summed E-state index contributed by atoms with van der Waals surface area (Å²) in [7, 11) is 1.56. The molecule has 0 amide bonds. The maximum absolute atomic E-state index is 8.74. The highest BCUT2D eigenvalue weighted by Crippen LogP contribution is 2.27. The molecule has 0 spiro atoms. The molecule has 14 heavy (non-hydrogen) atoms. The molecule has 78 valence electrons. The Bertz CT molecular complexity index is 304. The largest absolute Gasteiger partial charge is 0.495 e. The van der Waals surface area contributed by atoms with Gasteiger partial charge >= 0.3 is 0 Å². The topological polar surface area (TPSA) is 55.5 Å². The van der Waals surface area contributed by atoms with Gasteiger partial charge in [0.25, 0.3) is 0 Å². The SMILES string of the molecule is COc1cc([C@H](N)CCO)ccc1Cl. The van der Waals surface area contributed by atoms with Crippen molar-refractivity contribution >= 4 is 11.6 Å². The Labute approximate surface area is 88.4 Å². The van der Waals surface area contributed by atoms with E-state index in [1.165, 1.54) is 0 Å². The van der Waals surface area contributed by atoms with Crippen LogP contribution < -0.4 is 10.5 Å². The predicted molar refractivity (Wildman–Crippen MR) is 56.6 cm³/mol. The van der Waals surface area contributed by atoms with E-state index in [1.807, 2.05) is 6.07 Å². The molecule has 0 saturated carbocycles. The number of hydrogen-bond acceptors (Lipinski definition) is 3. The second-order valence-electron chi connectivity index (χ2n) is 3.01. The Hall–Kier alpha value is -0.770. The number of nitrogens with two attached hydrogens (primary N) is 1. The zero-order valence-corrected chi connectivity index (χ0v) is 8.79. The summed E-state index contributed by atoms with van der Waals surface area (Å²) in [6.07, 6.45) is 0.533. The van der Waals surface area contributed by atoms with Crippen molar-refractivity contribution in [2.45, 2.75) is 12.5 Å². The van der Waals surface area contributed by atoms with Crippen LogP contribution in [0.25, 0.3) is 0 Å². The van der Waals surface area contributed by atoms with Crippen LogP contribution in [-0.4, -0.2) is 18.8 Å². The predicted octanol–water partition coefficient (Wildman–Crippen LogP) is 1.73. The standard InChI is InChI=1S/C10H14ClNO2/c1-14-10-6-7(2-3-8(10)11)9(12)4-5-13/h2-3,6,9,13H,4-5,12H2,1H3/t9-/m1/s1. The lowest BCUT2D eigenvalue weighted by Gasteiger charge is -2.12. The highest BCUT2D eigenvalue weighted by Gasteiger charge is 2.08. The summed E-state index contributed by atoms with van der Waals surface area (Å²) in [6, 6.07) is 5.20. The molecule has 0 fully saturated rings. The van der Waals surface area contributed by atoms with E-state index < -0.39 is 0 Å². The van der Waals surface area contributed by atoms with Crippen LogP contribution in [0.5, 0.6) is 5.75 Å². The van der Waals surface area contributed by atoms with Crippen molar-refractivity contribution in [3.63, 3.8) is 0 Å². The van der Waals surface area contributed by atoms with Crippen LogP contribution >= 0.6 is 11.6 Å². The van der Waals surface area contributed by atoms with Gasteiger partial charge in [0.2, 0.25) is 0 Å². The minimum Gasteiger partial charge on any atom is -0.495 e. The molecule has 1 aromatic carbocycles. The van der Waals surface area contributed by atoms with E-state index in [-0.39, 0.29) is 12.6 Å². The van der Waals surface area contributed by atoms with E-state index in [9.17, 15) is 0 Å². The third-order valence-electron chi connectivity index (χ3n) is 2.04. The van der Waals surface area contributed by atoms with Gasteiger partial charge in [-0.2, -0.15) is 0 Å². The number of halogens is 1. The summed E-state index contributed by atoms with van der Waals surface area (Å²) in [5, 5.41) is 9.30. The van der Waals surface area contributed by atoms with Gasteiger partial charge < -0.3 is 15.6 Å². The van der Waals surface area contributed by atoms with Crippen LogP contribution in [0.4, 0.5) is 0 Å². The van der Waals surface area contributed by atoms with E-state index in [0.29, 0.717) is 17.2 Å². The van der Waals surface area contributed by atoms with Crippen LogP contribution in [0.15, 0.2) is 18.2 Å². The molecule has 0 aliphatic heterocycles. The minimum atomic E-state index is -0.175. The molecule has 1 aromatic rings. The van der Waals surface area contributed by atoms with Crippen molar-refractivity contribution in [2.75, 3.05) is 13.7 Å². The van der Waals surface area contributed by atoms with Gasteiger partial charge in [0, 0.05) is 12.6 Å². The van der Waals surface area contributed by atoms with Crippen LogP contribution in [0, 0.1) is 0 Å². The molecule has 0 aliphatic carbocycles. The molecule has 0 bridgehead atoms. The lowest BCUT2D eigenvalue weighted by atomic mass is 10.1. The van der Waals surface area contributed by atoms with Crippen molar-refractivity contribution in [3.8, 4) is 5.75 Å². The lowest BCUT2D eigenvalue weighted by Crippen LogP contribution is -2.11. The summed E-state index contributed by atoms with van der Waals surface area (Å²) in [4.78, 5) is 0. The van der Waals surface area contributed by atoms with Gasteiger partial charge in [-0.1, -0.05) is 17.7 Å². The Balaban J connectivity index is 2.88. The van der Waals surface area contributed by atoms with Gasteiger partial charge in [0.15, 0.2) is 0 Å². The van der Waals surface area contributed by atoms with Gasteiger partial charge in [0.1, 0.15) is 5.75 Å². The number of aliphatic hydroxyl groups excluding tert-OH is 1. The van der Waals surface area contributed by atoms with Gasteiger partial charge in [-0.05, 0) is 24.1 Å². The fourth-order valence-corrected chi connectivity index (χ4v) is 1.41. The van der Waals surface area contributed by atoms with E-state index in [0.717, 1.165) is 5.56 Å². The maximum Gasteiger partial charge on any atom is 0.137 e. The molecule has 0 saturated heterocycles. The molecule has 0 radical (unpaired) electrons. The molecule has 0 heterocycles. The van der Waals surface area contributed by atoms with Gasteiger partial charge in [-0.3, -0.25) is 0 Å². The van der Waals surface area contributed by atoms with Gasteiger partial charge in [-0.25, -0.2) is 0 Å². The van der Waals surface area contributed by atoms with Crippen LogP contribution in [0.3, 0.4) is 0 Å². The molecular weight excluding hydrogens is 202 g/mol. The number of aliphatic hydroxyl groups is 1.